The molecule has 0 bridgehead atoms. The molecule has 1 rings (SSSR count). The molecule has 0 spiro atoms. The summed E-state index contributed by atoms with van der Waals surface area (Å²) in [7, 11) is 0. The van der Waals surface area contributed by atoms with E-state index >= 15 is 0 Å². The first-order chi connectivity index (χ1) is 6.83. The van der Waals surface area contributed by atoms with E-state index in [1.165, 1.54) is 12.0 Å². The van der Waals surface area contributed by atoms with Gasteiger partial charge in [0.15, 0.2) is 0 Å². The Bertz CT molecular complexity index is 230. The molecule has 1 aromatic rings. The maximum Gasteiger partial charge on any atom is 0.0543 e. The third-order valence-electron chi connectivity index (χ3n) is 2.50. The lowest BCUT2D eigenvalue weighted by Gasteiger charge is -2.09. The molecule has 1 aromatic carbocycles. The summed E-state index contributed by atoms with van der Waals surface area (Å²) in [5, 5.41) is 9.64. The first-order valence-corrected chi connectivity index (χ1v) is 5.55. The maximum atomic E-state index is 9.64. The van der Waals surface area contributed by atoms with Crippen molar-refractivity contribution < 1.29 is 5.11 Å². The molecule has 0 unspecified atom stereocenters. The molecule has 1 N–H and O–H groups in total. The van der Waals surface area contributed by atoms with Crippen LogP contribution in [0.25, 0.3) is 0 Å². The van der Waals surface area contributed by atoms with Crippen molar-refractivity contribution in [1.82, 2.24) is 0 Å². The Morgan fingerprint density at radius 3 is 2.50 bits per heavy atom. The third kappa shape index (κ3) is 4.43. The summed E-state index contributed by atoms with van der Waals surface area (Å²) in [6.45, 7) is 2.16. The second kappa shape index (κ2) is 6.61. The summed E-state index contributed by atoms with van der Waals surface area (Å²) in [4.78, 5) is 0. The van der Waals surface area contributed by atoms with Crippen LogP contribution in [0.4, 0.5) is 0 Å². The van der Waals surface area contributed by atoms with Crippen LogP contribution in [-0.4, -0.2) is 11.2 Å². The Hall–Kier alpha value is -0.820. The molecule has 78 valence electrons. The SMILES string of the molecule is CCCC[C@H](O)CCc1ccccc1. The van der Waals surface area contributed by atoms with Crippen molar-refractivity contribution >= 4 is 0 Å². The van der Waals surface area contributed by atoms with Crippen LogP contribution in [0.2, 0.25) is 0 Å². The maximum absolute atomic E-state index is 9.64. The molecule has 0 heterocycles. The van der Waals surface area contributed by atoms with Crippen molar-refractivity contribution in [2.75, 3.05) is 0 Å². The molecule has 0 aliphatic heterocycles. The van der Waals surface area contributed by atoms with Gasteiger partial charge in [-0.1, -0.05) is 50.1 Å². The number of unbranched alkanes of at least 4 members (excludes halogenated alkanes) is 1. The second-order valence-corrected chi connectivity index (χ2v) is 3.82. The minimum Gasteiger partial charge on any atom is -0.393 e. The first-order valence-electron chi connectivity index (χ1n) is 5.55. The van der Waals surface area contributed by atoms with E-state index < -0.39 is 0 Å². The van der Waals surface area contributed by atoms with E-state index in [-0.39, 0.29) is 6.10 Å². The van der Waals surface area contributed by atoms with Gasteiger partial charge in [0.25, 0.3) is 0 Å². The fourth-order valence-corrected chi connectivity index (χ4v) is 1.56. The first kappa shape index (κ1) is 11.3. The molecule has 0 aliphatic rings. The quantitative estimate of drug-likeness (QED) is 0.734. The molecule has 14 heavy (non-hydrogen) atoms. The van der Waals surface area contributed by atoms with E-state index in [9.17, 15) is 5.11 Å². The summed E-state index contributed by atoms with van der Waals surface area (Å²) >= 11 is 0. The Morgan fingerprint density at radius 1 is 1.14 bits per heavy atom. The molecule has 0 fully saturated rings. The van der Waals surface area contributed by atoms with Gasteiger partial charge >= 0.3 is 0 Å². The number of hydrogen-bond donors (Lipinski definition) is 1. The lowest BCUT2D eigenvalue weighted by Crippen LogP contribution is -2.07. The van der Waals surface area contributed by atoms with Crippen LogP contribution in [-0.2, 0) is 6.42 Å². The lowest BCUT2D eigenvalue weighted by molar-refractivity contribution is 0.152. The van der Waals surface area contributed by atoms with E-state index in [0.717, 1.165) is 25.7 Å². The minimum atomic E-state index is -0.116. The number of aryl methyl sites for hydroxylation is 1. The lowest BCUT2D eigenvalue weighted by atomic mass is 10.0. The smallest absolute Gasteiger partial charge is 0.0543 e. The van der Waals surface area contributed by atoms with E-state index in [4.69, 9.17) is 0 Å². The zero-order valence-electron chi connectivity index (χ0n) is 8.95. The number of hydrogen-bond acceptors (Lipinski definition) is 1. The third-order valence-corrected chi connectivity index (χ3v) is 2.50. The van der Waals surface area contributed by atoms with Crippen molar-refractivity contribution in [3.05, 3.63) is 35.9 Å². The van der Waals surface area contributed by atoms with Crippen LogP contribution in [0, 0.1) is 0 Å². The van der Waals surface area contributed by atoms with Crippen LogP contribution in [0.15, 0.2) is 30.3 Å². The van der Waals surface area contributed by atoms with Gasteiger partial charge in [0.2, 0.25) is 0 Å². The van der Waals surface area contributed by atoms with Crippen molar-refractivity contribution in [2.24, 2.45) is 0 Å². The van der Waals surface area contributed by atoms with Gasteiger partial charge in [0, 0.05) is 0 Å². The van der Waals surface area contributed by atoms with Gasteiger partial charge in [0.1, 0.15) is 0 Å². The van der Waals surface area contributed by atoms with E-state index in [0.29, 0.717) is 0 Å². The monoisotopic (exact) mass is 192 g/mol. The second-order valence-electron chi connectivity index (χ2n) is 3.82. The summed E-state index contributed by atoms with van der Waals surface area (Å²) < 4.78 is 0. The molecule has 1 heteroatoms. The fraction of sp³-hybridized carbons (Fsp3) is 0.538. The van der Waals surface area contributed by atoms with Crippen molar-refractivity contribution in [2.45, 2.75) is 45.1 Å². The van der Waals surface area contributed by atoms with E-state index in [1.54, 1.807) is 0 Å². The van der Waals surface area contributed by atoms with Gasteiger partial charge in [-0.15, -0.1) is 0 Å². The molecule has 0 saturated carbocycles. The Balaban J connectivity index is 2.20. The van der Waals surface area contributed by atoms with Crippen LogP contribution in [0.3, 0.4) is 0 Å². The van der Waals surface area contributed by atoms with Crippen LogP contribution in [0.1, 0.15) is 38.2 Å². The zero-order valence-corrected chi connectivity index (χ0v) is 8.95. The number of aliphatic hydroxyl groups excluding tert-OH is 1. The van der Waals surface area contributed by atoms with Crippen molar-refractivity contribution in [3.8, 4) is 0 Å². The van der Waals surface area contributed by atoms with Crippen molar-refractivity contribution in [1.29, 1.82) is 0 Å². The van der Waals surface area contributed by atoms with E-state index in [2.05, 4.69) is 19.1 Å². The molecule has 0 saturated heterocycles. The minimum absolute atomic E-state index is 0.116. The molecular weight excluding hydrogens is 172 g/mol. The van der Waals surface area contributed by atoms with Crippen molar-refractivity contribution in [3.63, 3.8) is 0 Å². The van der Waals surface area contributed by atoms with Gasteiger partial charge in [0.05, 0.1) is 6.10 Å². The van der Waals surface area contributed by atoms with Gasteiger partial charge < -0.3 is 5.11 Å². The fourth-order valence-electron chi connectivity index (χ4n) is 1.56. The summed E-state index contributed by atoms with van der Waals surface area (Å²) in [5.41, 5.74) is 1.32. The molecule has 0 radical (unpaired) electrons. The largest absolute Gasteiger partial charge is 0.393 e. The Kier molecular flexibility index (Phi) is 5.31. The zero-order chi connectivity index (χ0) is 10.2. The Morgan fingerprint density at radius 2 is 1.86 bits per heavy atom. The van der Waals surface area contributed by atoms with Crippen LogP contribution in [0.5, 0.6) is 0 Å². The summed E-state index contributed by atoms with van der Waals surface area (Å²) in [5.74, 6) is 0. The highest BCUT2D eigenvalue weighted by Gasteiger charge is 2.03. The van der Waals surface area contributed by atoms with E-state index in [1.807, 2.05) is 18.2 Å². The highest BCUT2D eigenvalue weighted by Crippen LogP contribution is 2.09. The average molecular weight is 192 g/mol. The van der Waals surface area contributed by atoms with Gasteiger partial charge in [-0.25, -0.2) is 0 Å². The highest BCUT2D eigenvalue weighted by molar-refractivity contribution is 5.14. The van der Waals surface area contributed by atoms with Gasteiger partial charge in [-0.3, -0.25) is 0 Å². The predicted molar refractivity (Wildman–Crippen MR) is 60.3 cm³/mol. The number of benzene rings is 1. The topological polar surface area (TPSA) is 20.2 Å². The van der Waals surface area contributed by atoms with Gasteiger partial charge in [-0.05, 0) is 24.8 Å². The molecule has 0 amide bonds. The van der Waals surface area contributed by atoms with Gasteiger partial charge in [-0.2, -0.15) is 0 Å². The predicted octanol–water partition coefficient (Wildman–Crippen LogP) is 3.17. The van der Waals surface area contributed by atoms with Crippen LogP contribution < -0.4 is 0 Å². The highest BCUT2D eigenvalue weighted by atomic mass is 16.3. The average Bonchev–Trinajstić information content (AvgIpc) is 2.25. The molecular formula is C13H20O. The summed E-state index contributed by atoms with van der Waals surface area (Å²) in [6, 6.07) is 10.4. The normalized spacial score (nSPS) is 12.7. The Labute approximate surface area is 86.8 Å². The van der Waals surface area contributed by atoms with Crippen LogP contribution >= 0.6 is 0 Å². The standard InChI is InChI=1S/C13H20O/c1-2-3-9-13(14)11-10-12-7-5-4-6-8-12/h4-8,13-14H,2-3,9-11H2,1H3/t13-/m0/s1. The molecule has 1 nitrogen and oxygen atoms in total. The number of rotatable bonds is 6. The molecule has 0 aromatic heterocycles. The number of aliphatic hydroxyl groups is 1. The molecule has 0 aliphatic carbocycles. The molecule has 1 atom stereocenters. The summed E-state index contributed by atoms with van der Waals surface area (Å²) in [6.07, 6.45) is 5.02.